The van der Waals surface area contributed by atoms with Gasteiger partial charge in [0.05, 0.1) is 5.69 Å². The first-order chi connectivity index (χ1) is 6.53. The normalized spacial score (nSPS) is 11.4. The number of hydrogen-bond acceptors (Lipinski definition) is 4. The molecule has 0 aliphatic rings. The van der Waals surface area contributed by atoms with Gasteiger partial charge in [-0.1, -0.05) is 0 Å². The van der Waals surface area contributed by atoms with Crippen molar-refractivity contribution in [2.45, 2.75) is 25.5 Å². The first-order valence-corrected chi connectivity index (χ1v) is 5.85. The maximum absolute atomic E-state index is 4.05. The molecule has 0 bridgehead atoms. The van der Waals surface area contributed by atoms with Gasteiger partial charge in [-0.15, -0.1) is 5.10 Å². The first-order valence-electron chi connectivity index (χ1n) is 4.63. The maximum atomic E-state index is 4.05. The predicted molar refractivity (Wildman–Crippen MR) is 62.9 cm³/mol. The molecule has 0 saturated carbocycles. The van der Waals surface area contributed by atoms with Crippen LogP contribution in [0.2, 0.25) is 0 Å². The number of aromatic nitrogens is 2. The van der Waals surface area contributed by atoms with E-state index in [4.69, 9.17) is 0 Å². The second kappa shape index (κ2) is 4.64. The van der Waals surface area contributed by atoms with Crippen molar-refractivity contribution in [1.82, 2.24) is 10.2 Å². The quantitative estimate of drug-likeness (QED) is 0.829. The minimum atomic E-state index is 0.229. The Hall–Kier alpha value is -0.770. The average Bonchev–Trinajstić information content (AvgIpc) is 2.17. The molecule has 1 aromatic heterocycles. The highest BCUT2D eigenvalue weighted by molar-refractivity contribution is 7.99. The van der Waals surface area contributed by atoms with Gasteiger partial charge in [-0.2, -0.15) is 16.9 Å². The molecular weight excluding hydrogens is 194 g/mol. The van der Waals surface area contributed by atoms with Crippen LogP contribution < -0.4 is 5.32 Å². The molecule has 0 atom stereocenters. The van der Waals surface area contributed by atoms with E-state index >= 15 is 0 Å². The summed E-state index contributed by atoms with van der Waals surface area (Å²) in [6.45, 7) is 7.23. The molecule has 1 rings (SSSR count). The van der Waals surface area contributed by atoms with Crippen LogP contribution in [0.25, 0.3) is 0 Å². The van der Waals surface area contributed by atoms with Crippen LogP contribution in [0, 0.1) is 6.92 Å². The largest absolute Gasteiger partial charge is 0.367 e. The summed E-state index contributed by atoms with van der Waals surface area (Å²) in [6, 6.07) is 3.92. The van der Waals surface area contributed by atoms with Gasteiger partial charge in [0.25, 0.3) is 0 Å². The smallest absolute Gasteiger partial charge is 0.148 e. The van der Waals surface area contributed by atoms with E-state index in [2.05, 4.69) is 35.6 Å². The lowest BCUT2D eigenvalue weighted by molar-refractivity contribution is 0.747. The molecule has 0 fully saturated rings. The van der Waals surface area contributed by atoms with Gasteiger partial charge < -0.3 is 5.32 Å². The lowest BCUT2D eigenvalue weighted by Gasteiger charge is -2.22. The summed E-state index contributed by atoms with van der Waals surface area (Å²) < 4.78 is 0.229. The van der Waals surface area contributed by atoms with E-state index < -0.39 is 0 Å². The number of hydrogen-bond donors (Lipinski definition) is 1. The van der Waals surface area contributed by atoms with Gasteiger partial charge >= 0.3 is 0 Å². The fourth-order valence-corrected chi connectivity index (χ4v) is 1.09. The molecule has 1 heterocycles. The summed E-state index contributed by atoms with van der Waals surface area (Å²) in [5.74, 6) is 0.845. The molecule has 3 nitrogen and oxygen atoms in total. The van der Waals surface area contributed by atoms with Crippen molar-refractivity contribution < 1.29 is 0 Å². The summed E-state index contributed by atoms with van der Waals surface area (Å²) in [5.41, 5.74) is 0.944. The van der Waals surface area contributed by atoms with Gasteiger partial charge in [0.2, 0.25) is 0 Å². The predicted octanol–water partition coefficient (Wildman–Crippen LogP) is 2.34. The molecule has 78 valence electrons. The molecule has 0 saturated heterocycles. The van der Waals surface area contributed by atoms with Crippen LogP contribution in [0.15, 0.2) is 12.1 Å². The standard InChI is InChI=1S/C10H17N3S/c1-8-5-6-9(13-12-8)11-7-10(2,3)14-4/h5-6H,7H2,1-4H3,(H,11,13). The van der Waals surface area contributed by atoms with Crippen molar-refractivity contribution in [1.29, 1.82) is 0 Å². The van der Waals surface area contributed by atoms with Crippen LogP contribution in [0.5, 0.6) is 0 Å². The minimum Gasteiger partial charge on any atom is -0.367 e. The Morgan fingerprint density at radius 1 is 1.36 bits per heavy atom. The van der Waals surface area contributed by atoms with Crippen molar-refractivity contribution in [3.8, 4) is 0 Å². The van der Waals surface area contributed by atoms with E-state index in [1.807, 2.05) is 30.8 Å². The number of nitrogens with zero attached hydrogens (tertiary/aromatic N) is 2. The summed E-state index contributed by atoms with van der Waals surface area (Å²) >= 11 is 1.84. The minimum absolute atomic E-state index is 0.229. The van der Waals surface area contributed by atoms with E-state index in [0.29, 0.717) is 0 Å². The fraction of sp³-hybridized carbons (Fsp3) is 0.600. The second-order valence-electron chi connectivity index (χ2n) is 3.88. The molecule has 0 radical (unpaired) electrons. The first kappa shape index (κ1) is 11.3. The van der Waals surface area contributed by atoms with Gasteiger partial charge in [-0.05, 0) is 39.2 Å². The topological polar surface area (TPSA) is 37.8 Å². The van der Waals surface area contributed by atoms with Gasteiger partial charge in [-0.25, -0.2) is 0 Å². The highest BCUT2D eigenvalue weighted by Gasteiger charge is 2.15. The maximum Gasteiger partial charge on any atom is 0.148 e. The van der Waals surface area contributed by atoms with E-state index in [-0.39, 0.29) is 4.75 Å². The van der Waals surface area contributed by atoms with Gasteiger partial charge in [0.15, 0.2) is 0 Å². The number of nitrogens with one attached hydrogen (secondary N) is 1. The fourth-order valence-electron chi connectivity index (χ4n) is 0.869. The molecule has 0 spiro atoms. The Morgan fingerprint density at radius 2 is 2.07 bits per heavy atom. The summed E-state index contributed by atoms with van der Waals surface area (Å²) in [6.07, 6.45) is 2.11. The molecule has 14 heavy (non-hydrogen) atoms. The van der Waals surface area contributed by atoms with Crippen LogP contribution in [-0.4, -0.2) is 27.7 Å². The molecule has 0 unspecified atom stereocenters. The third-order valence-electron chi connectivity index (χ3n) is 2.05. The van der Waals surface area contributed by atoms with Gasteiger partial charge in [-0.3, -0.25) is 0 Å². The summed E-state index contributed by atoms with van der Waals surface area (Å²) in [5, 5.41) is 11.3. The monoisotopic (exact) mass is 211 g/mol. The molecule has 1 N–H and O–H groups in total. The Kier molecular flexibility index (Phi) is 3.75. The van der Waals surface area contributed by atoms with Crippen molar-refractivity contribution in [3.05, 3.63) is 17.8 Å². The van der Waals surface area contributed by atoms with Crippen molar-refractivity contribution in [3.63, 3.8) is 0 Å². The number of thioether (sulfide) groups is 1. The van der Waals surface area contributed by atoms with Crippen LogP contribution in [0.4, 0.5) is 5.82 Å². The molecule has 0 aromatic carbocycles. The van der Waals surface area contributed by atoms with E-state index in [9.17, 15) is 0 Å². The Balaban J connectivity index is 2.50. The highest BCUT2D eigenvalue weighted by Crippen LogP contribution is 2.21. The summed E-state index contributed by atoms with van der Waals surface area (Å²) in [7, 11) is 0. The van der Waals surface area contributed by atoms with Gasteiger partial charge in [0.1, 0.15) is 5.82 Å². The highest BCUT2D eigenvalue weighted by atomic mass is 32.2. The Morgan fingerprint density at radius 3 is 2.57 bits per heavy atom. The molecule has 0 aliphatic carbocycles. The third kappa shape index (κ3) is 3.54. The molecule has 0 aliphatic heterocycles. The zero-order chi connectivity index (χ0) is 10.6. The molecule has 0 amide bonds. The van der Waals surface area contributed by atoms with Crippen LogP contribution >= 0.6 is 11.8 Å². The van der Waals surface area contributed by atoms with Crippen LogP contribution in [0.1, 0.15) is 19.5 Å². The third-order valence-corrected chi connectivity index (χ3v) is 3.30. The van der Waals surface area contributed by atoms with E-state index in [1.165, 1.54) is 0 Å². The zero-order valence-electron chi connectivity index (χ0n) is 9.16. The number of rotatable bonds is 4. The van der Waals surface area contributed by atoms with Crippen molar-refractivity contribution in [2.24, 2.45) is 0 Å². The molecule has 1 aromatic rings. The van der Waals surface area contributed by atoms with E-state index in [1.54, 1.807) is 0 Å². The lowest BCUT2D eigenvalue weighted by Crippen LogP contribution is -2.26. The lowest BCUT2D eigenvalue weighted by atomic mass is 10.2. The van der Waals surface area contributed by atoms with Gasteiger partial charge in [0, 0.05) is 11.3 Å². The Labute approximate surface area is 89.7 Å². The number of aryl methyl sites for hydroxylation is 1. The second-order valence-corrected chi connectivity index (χ2v) is 5.39. The Bertz CT molecular complexity index is 282. The van der Waals surface area contributed by atoms with Crippen molar-refractivity contribution >= 4 is 17.6 Å². The van der Waals surface area contributed by atoms with E-state index in [0.717, 1.165) is 18.1 Å². The molecular formula is C10H17N3S. The van der Waals surface area contributed by atoms with Crippen LogP contribution in [-0.2, 0) is 0 Å². The molecule has 4 heteroatoms. The van der Waals surface area contributed by atoms with Crippen LogP contribution in [0.3, 0.4) is 0 Å². The number of anilines is 1. The van der Waals surface area contributed by atoms with Crippen molar-refractivity contribution in [2.75, 3.05) is 18.1 Å². The SMILES string of the molecule is CSC(C)(C)CNc1ccc(C)nn1. The zero-order valence-corrected chi connectivity index (χ0v) is 9.98. The summed E-state index contributed by atoms with van der Waals surface area (Å²) in [4.78, 5) is 0. The average molecular weight is 211 g/mol.